The minimum absolute atomic E-state index is 0.171. The predicted molar refractivity (Wildman–Crippen MR) is 107 cm³/mol. The number of amides is 3. The van der Waals surface area contributed by atoms with Gasteiger partial charge in [0.05, 0.1) is 7.05 Å². The molecule has 144 valence electrons. The Morgan fingerprint density at radius 3 is 2.48 bits per heavy atom. The summed E-state index contributed by atoms with van der Waals surface area (Å²) in [6, 6.07) is 12.3. The van der Waals surface area contributed by atoms with E-state index in [0.29, 0.717) is 23.9 Å². The molecular weight excluding hydrogens is 366 g/mol. The van der Waals surface area contributed by atoms with Crippen LogP contribution in [0.5, 0.6) is 5.75 Å². The van der Waals surface area contributed by atoms with Gasteiger partial charge in [-0.25, -0.2) is 4.79 Å². The van der Waals surface area contributed by atoms with Crippen molar-refractivity contribution in [1.29, 1.82) is 0 Å². The van der Waals surface area contributed by atoms with E-state index in [2.05, 4.69) is 10.6 Å². The van der Waals surface area contributed by atoms with E-state index in [9.17, 15) is 9.59 Å². The number of rotatable bonds is 7. The van der Waals surface area contributed by atoms with Crippen LogP contribution in [0.25, 0.3) is 0 Å². The quantitative estimate of drug-likeness (QED) is 0.678. The highest BCUT2D eigenvalue weighted by molar-refractivity contribution is 6.30. The zero-order valence-electron chi connectivity index (χ0n) is 15.8. The normalized spacial score (nSPS) is 11.6. The third-order valence-electron chi connectivity index (χ3n) is 3.96. The molecular formula is C20H25ClN3O3+. The van der Waals surface area contributed by atoms with Crippen LogP contribution in [0, 0.1) is 13.8 Å². The lowest BCUT2D eigenvalue weighted by atomic mass is 10.1. The van der Waals surface area contributed by atoms with Gasteiger partial charge in [0.2, 0.25) is 0 Å². The molecule has 0 saturated heterocycles. The Morgan fingerprint density at radius 1 is 1.11 bits per heavy atom. The molecule has 1 unspecified atom stereocenters. The van der Waals surface area contributed by atoms with Gasteiger partial charge in [-0.05, 0) is 49.7 Å². The number of nitrogens with one attached hydrogen (secondary N) is 3. The van der Waals surface area contributed by atoms with Crippen molar-refractivity contribution in [2.45, 2.75) is 13.8 Å². The number of ether oxygens (including phenoxy) is 1. The number of imide groups is 1. The van der Waals surface area contributed by atoms with Crippen molar-refractivity contribution in [3.63, 3.8) is 0 Å². The average molecular weight is 391 g/mol. The number of likely N-dealkylation sites (N-methyl/N-ethyl adjacent to an activating group) is 1. The van der Waals surface area contributed by atoms with Crippen LogP contribution in [-0.2, 0) is 4.79 Å². The van der Waals surface area contributed by atoms with Gasteiger partial charge in [0.15, 0.2) is 6.54 Å². The van der Waals surface area contributed by atoms with E-state index >= 15 is 0 Å². The fraction of sp³-hybridized carbons (Fsp3) is 0.300. The van der Waals surface area contributed by atoms with Gasteiger partial charge in [-0.1, -0.05) is 29.3 Å². The van der Waals surface area contributed by atoms with Crippen molar-refractivity contribution < 1.29 is 19.2 Å². The first-order valence-electron chi connectivity index (χ1n) is 8.71. The molecule has 0 spiro atoms. The fourth-order valence-electron chi connectivity index (χ4n) is 2.51. The van der Waals surface area contributed by atoms with Gasteiger partial charge >= 0.3 is 6.03 Å². The molecule has 0 aliphatic carbocycles. The first kappa shape index (κ1) is 20.7. The van der Waals surface area contributed by atoms with E-state index in [0.717, 1.165) is 21.8 Å². The predicted octanol–water partition coefficient (Wildman–Crippen LogP) is 2.20. The molecule has 0 bridgehead atoms. The highest BCUT2D eigenvalue weighted by Gasteiger charge is 2.14. The topological polar surface area (TPSA) is 71.9 Å². The molecule has 0 aromatic heterocycles. The summed E-state index contributed by atoms with van der Waals surface area (Å²) in [5, 5.41) is 5.70. The number of quaternary nitrogens is 1. The number of carbonyl (C=O) groups excluding carboxylic acids is 2. The van der Waals surface area contributed by atoms with Crippen LogP contribution in [0.3, 0.4) is 0 Å². The minimum atomic E-state index is -0.530. The number of hydrogen-bond acceptors (Lipinski definition) is 3. The highest BCUT2D eigenvalue weighted by Crippen LogP contribution is 2.16. The molecule has 0 fully saturated rings. The Labute approximate surface area is 164 Å². The summed E-state index contributed by atoms with van der Waals surface area (Å²) in [5.41, 5.74) is 2.74. The summed E-state index contributed by atoms with van der Waals surface area (Å²) in [6.45, 7) is 5.13. The molecule has 3 amide bonds. The number of halogens is 1. The van der Waals surface area contributed by atoms with Crippen molar-refractivity contribution in [1.82, 2.24) is 5.32 Å². The van der Waals surface area contributed by atoms with Crippen LogP contribution < -0.4 is 20.3 Å². The Kier molecular flexibility index (Phi) is 7.64. The first-order valence-corrected chi connectivity index (χ1v) is 9.09. The van der Waals surface area contributed by atoms with E-state index in [4.69, 9.17) is 16.3 Å². The Hall–Kier alpha value is -2.57. The summed E-state index contributed by atoms with van der Waals surface area (Å²) < 4.78 is 5.61. The van der Waals surface area contributed by atoms with Crippen molar-refractivity contribution >= 4 is 29.2 Å². The first-order chi connectivity index (χ1) is 12.8. The fourth-order valence-corrected chi connectivity index (χ4v) is 2.64. The largest absolute Gasteiger partial charge is 0.488 e. The second-order valence-corrected chi connectivity index (χ2v) is 6.94. The van der Waals surface area contributed by atoms with E-state index in [-0.39, 0.29) is 12.5 Å². The highest BCUT2D eigenvalue weighted by atomic mass is 35.5. The monoisotopic (exact) mass is 390 g/mol. The molecule has 2 rings (SSSR count). The molecule has 3 N–H and O–H groups in total. The lowest BCUT2D eigenvalue weighted by Gasteiger charge is -2.14. The van der Waals surface area contributed by atoms with Crippen LogP contribution in [0.2, 0.25) is 5.02 Å². The molecule has 7 heteroatoms. The summed E-state index contributed by atoms with van der Waals surface area (Å²) in [7, 11) is 1.87. The zero-order chi connectivity index (χ0) is 19.8. The maximum atomic E-state index is 12.0. The molecule has 2 aromatic rings. The third-order valence-corrected chi connectivity index (χ3v) is 4.21. The van der Waals surface area contributed by atoms with Crippen LogP contribution >= 0.6 is 11.6 Å². The van der Waals surface area contributed by atoms with Gasteiger partial charge in [0, 0.05) is 10.7 Å². The second-order valence-electron chi connectivity index (χ2n) is 6.51. The van der Waals surface area contributed by atoms with Gasteiger partial charge in [-0.3, -0.25) is 10.1 Å². The van der Waals surface area contributed by atoms with Gasteiger partial charge in [0.1, 0.15) is 18.9 Å². The number of anilines is 1. The lowest BCUT2D eigenvalue weighted by Crippen LogP contribution is -3.10. The van der Waals surface area contributed by atoms with E-state index in [1.165, 1.54) is 0 Å². The number of carbonyl (C=O) groups is 2. The van der Waals surface area contributed by atoms with E-state index in [1.807, 2.05) is 39.1 Å². The summed E-state index contributed by atoms with van der Waals surface area (Å²) in [6.07, 6.45) is 0. The van der Waals surface area contributed by atoms with E-state index < -0.39 is 6.03 Å². The van der Waals surface area contributed by atoms with Crippen molar-refractivity contribution in [3.05, 3.63) is 58.6 Å². The molecule has 0 aliphatic heterocycles. The summed E-state index contributed by atoms with van der Waals surface area (Å²) in [5.74, 6) is 0.380. The van der Waals surface area contributed by atoms with Gasteiger partial charge < -0.3 is 15.0 Å². The summed E-state index contributed by atoms with van der Waals surface area (Å²) in [4.78, 5) is 24.9. The standard InChI is InChI=1S/C20H24ClN3O3/c1-14-4-9-18(15(2)12-14)22-20(26)23-19(25)13-24(3)10-11-27-17-7-5-16(21)6-8-17/h4-9,12H,10-11,13H2,1-3H3,(H2,22,23,25,26)/p+1. The molecule has 2 aromatic carbocycles. The average Bonchev–Trinajstić information content (AvgIpc) is 2.59. The van der Waals surface area contributed by atoms with Crippen LogP contribution in [0.15, 0.2) is 42.5 Å². The number of aryl methyl sites for hydroxylation is 2. The maximum absolute atomic E-state index is 12.0. The molecule has 6 nitrogen and oxygen atoms in total. The third kappa shape index (κ3) is 7.29. The Bertz CT molecular complexity index is 794. The molecule has 27 heavy (non-hydrogen) atoms. The SMILES string of the molecule is Cc1ccc(NC(=O)NC(=O)C[NH+](C)CCOc2ccc(Cl)cc2)c(C)c1. The van der Waals surface area contributed by atoms with E-state index in [1.54, 1.807) is 24.3 Å². The van der Waals surface area contributed by atoms with Crippen molar-refractivity contribution in [2.24, 2.45) is 0 Å². The number of hydrogen-bond donors (Lipinski definition) is 3. The van der Waals surface area contributed by atoms with Crippen LogP contribution in [-0.4, -0.2) is 38.7 Å². The van der Waals surface area contributed by atoms with Crippen molar-refractivity contribution in [2.75, 3.05) is 32.1 Å². The van der Waals surface area contributed by atoms with Crippen LogP contribution in [0.1, 0.15) is 11.1 Å². The van der Waals surface area contributed by atoms with Gasteiger partial charge in [-0.15, -0.1) is 0 Å². The Balaban J connectivity index is 1.70. The Morgan fingerprint density at radius 2 is 1.81 bits per heavy atom. The van der Waals surface area contributed by atoms with Gasteiger partial charge in [-0.2, -0.15) is 0 Å². The maximum Gasteiger partial charge on any atom is 0.326 e. The number of benzene rings is 2. The second kappa shape index (κ2) is 9.94. The van der Waals surface area contributed by atoms with Gasteiger partial charge in [0.25, 0.3) is 5.91 Å². The molecule has 0 radical (unpaired) electrons. The lowest BCUT2D eigenvalue weighted by molar-refractivity contribution is -0.871. The molecule has 0 aliphatic rings. The zero-order valence-corrected chi connectivity index (χ0v) is 16.5. The summed E-state index contributed by atoms with van der Waals surface area (Å²) >= 11 is 5.82. The minimum Gasteiger partial charge on any atom is -0.488 e. The molecule has 1 atom stereocenters. The van der Waals surface area contributed by atoms with Crippen LogP contribution in [0.4, 0.5) is 10.5 Å². The smallest absolute Gasteiger partial charge is 0.326 e. The number of urea groups is 1. The van der Waals surface area contributed by atoms with Crippen molar-refractivity contribution in [3.8, 4) is 5.75 Å². The molecule has 0 saturated carbocycles. The molecule has 0 heterocycles.